The standard InChI is InChI=1S/C17H23N3O3/c1-12-7-9-20(19-12)10-8-17(21)18-13(2)15-11-14(22-3)5-6-16(15)23-4/h5-7,9,11,13H,8,10H2,1-4H3,(H,18,21). The monoisotopic (exact) mass is 317 g/mol. The Morgan fingerprint density at radius 3 is 2.70 bits per heavy atom. The first-order chi connectivity index (χ1) is 11.0. The van der Waals surface area contributed by atoms with Crippen LogP contribution in [0.3, 0.4) is 0 Å². The lowest BCUT2D eigenvalue weighted by molar-refractivity contribution is -0.122. The van der Waals surface area contributed by atoms with Crippen molar-refractivity contribution in [3.63, 3.8) is 0 Å². The number of carbonyl (C=O) groups is 1. The Hall–Kier alpha value is -2.50. The van der Waals surface area contributed by atoms with Crippen LogP contribution in [-0.4, -0.2) is 29.9 Å². The van der Waals surface area contributed by atoms with Gasteiger partial charge in [-0.2, -0.15) is 5.10 Å². The van der Waals surface area contributed by atoms with Crippen LogP contribution in [0.1, 0.15) is 30.6 Å². The van der Waals surface area contributed by atoms with Crippen LogP contribution in [0.15, 0.2) is 30.5 Å². The molecule has 0 saturated carbocycles. The van der Waals surface area contributed by atoms with Crippen molar-refractivity contribution in [1.82, 2.24) is 15.1 Å². The number of hydrogen-bond acceptors (Lipinski definition) is 4. The lowest BCUT2D eigenvalue weighted by atomic mass is 10.1. The topological polar surface area (TPSA) is 65.4 Å². The quantitative estimate of drug-likeness (QED) is 0.852. The number of aromatic nitrogens is 2. The van der Waals surface area contributed by atoms with Gasteiger partial charge in [0.25, 0.3) is 0 Å². The van der Waals surface area contributed by atoms with Gasteiger partial charge in [-0.25, -0.2) is 0 Å². The maximum absolute atomic E-state index is 12.1. The average Bonchev–Trinajstić information content (AvgIpc) is 2.97. The molecule has 0 aliphatic carbocycles. The third-order valence-corrected chi connectivity index (χ3v) is 3.62. The molecule has 23 heavy (non-hydrogen) atoms. The van der Waals surface area contributed by atoms with E-state index in [1.807, 2.05) is 44.3 Å². The summed E-state index contributed by atoms with van der Waals surface area (Å²) in [5.74, 6) is 1.42. The molecule has 1 N–H and O–H groups in total. The van der Waals surface area contributed by atoms with Crippen molar-refractivity contribution in [3.05, 3.63) is 41.7 Å². The fourth-order valence-electron chi connectivity index (χ4n) is 2.37. The minimum absolute atomic E-state index is 0.0319. The molecule has 1 amide bonds. The van der Waals surface area contributed by atoms with E-state index in [1.165, 1.54) is 0 Å². The van der Waals surface area contributed by atoms with Gasteiger partial charge in [0.15, 0.2) is 0 Å². The van der Waals surface area contributed by atoms with Gasteiger partial charge < -0.3 is 14.8 Å². The molecule has 0 spiro atoms. The third kappa shape index (κ3) is 4.48. The first-order valence-electron chi connectivity index (χ1n) is 7.55. The van der Waals surface area contributed by atoms with Crippen molar-refractivity contribution in [2.45, 2.75) is 32.9 Å². The molecule has 0 aliphatic rings. The number of benzene rings is 1. The highest BCUT2D eigenvalue weighted by molar-refractivity contribution is 5.76. The lowest BCUT2D eigenvalue weighted by Gasteiger charge is -2.18. The van der Waals surface area contributed by atoms with Crippen LogP contribution in [0.25, 0.3) is 0 Å². The van der Waals surface area contributed by atoms with Crippen LogP contribution >= 0.6 is 0 Å². The zero-order valence-corrected chi connectivity index (χ0v) is 14.0. The molecule has 0 saturated heterocycles. The fraction of sp³-hybridized carbons (Fsp3) is 0.412. The number of carbonyl (C=O) groups excluding carboxylic acids is 1. The van der Waals surface area contributed by atoms with E-state index in [9.17, 15) is 4.79 Å². The normalized spacial score (nSPS) is 11.8. The average molecular weight is 317 g/mol. The smallest absolute Gasteiger partial charge is 0.222 e. The van der Waals surface area contributed by atoms with E-state index < -0.39 is 0 Å². The van der Waals surface area contributed by atoms with E-state index in [4.69, 9.17) is 9.47 Å². The maximum Gasteiger partial charge on any atom is 0.222 e. The Kier molecular flexibility index (Phi) is 5.62. The number of methoxy groups -OCH3 is 2. The van der Waals surface area contributed by atoms with Crippen molar-refractivity contribution in [3.8, 4) is 11.5 Å². The molecule has 1 heterocycles. The summed E-state index contributed by atoms with van der Waals surface area (Å²) in [6.45, 7) is 4.41. The third-order valence-electron chi connectivity index (χ3n) is 3.62. The van der Waals surface area contributed by atoms with E-state index in [0.717, 1.165) is 22.8 Å². The first kappa shape index (κ1) is 16.9. The predicted octanol–water partition coefficient (Wildman–Crippen LogP) is 2.48. The summed E-state index contributed by atoms with van der Waals surface area (Å²) < 4.78 is 12.4. The summed E-state index contributed by atoms with van der Waals surface area (Å²) in [7, 11) is 3.22. The molecule has 2 rings (SSSR count). The van der Waals surface area contributed by atoms with Crippen LogP contribution in [0, 0.1) is 6.92 Å². The highest BCUT2D eigenvalue weighted by Gasteiger charge is 2.15. The van der Waals surface area contributed by atoms with Gasteiger partial charge in [-0.3, -0.25) is 9.48 Å². The number of amides is 1. The van der Waals surface area contributed by atoms with Gasteiger partial charge in [0, 0.05) is 24.7 Å². The Bertz CT molecular complexity index is 667. The first-order valence-corrected chi connectivity index (χ1v) is 7.55. The summed E-state index contributed by atoms with van der Waals surface area (Å²) in [5.41, 5.74) is 1.83. The second-order valence-electron chi connectivity index (χ2n) is 5.37. The summed E-state index contributed by atoms with van der Waals surface area (Å²) in [6, 6.07) is 7.29. The molecule has 1 aromatic heterocycles. The zero-order chi connectivity index (χ0) is 16.8. The van der Waals surface area contributed by atoms with Crippen LogP contribution in [0.4, 0.5) is 0 Å². The highest BCUT2D eigenvalue weighted by atomic mass is 16.5. The number of ether oxygens (including phenoxy) is 2. The molecular formula is C17H23N3O3. The molecule has 0 bridgehead atoms. The minimum atomic E-state index is -0.174. The van der Waals surface area contributed by atoms with Crippen molar-refractivity contribution in [1.29, 1.82) is 0 Å². The Labute approximate surface area is 136 Å². The fourth-order valence-corrected chi connectivity index (χ4v) is 2.37. The van der Waals surface area contributed by atoms with Gasteiger partial charge in [-0.15, -0.1) is 0 Å². The lowest BCUT2D eigenvalue weighted by Crippen LogP contribution is -2.27. The largest absolute Gasteiger partial charge is 0.497 e. The van der Waals surface area contributed by atoms with Gasteiger partial charge in [0.05, 0.1) is 26.0 Å². The van der Waals surface area contributed by atoms with Gasteiger partial charge in [-0.1, -0.05) is 0 Å². The molecule has 0 fully saturated rings. The predicted molar refractivity (Wildman–Crippen MR) is 87.7 cm³/mol. The molecule has 2 aromatic rings. The Morgan fingerprint density at radius 1 is 1.30 bits per heavy atom. The molecule has 1 atom stereocenters. The summed E-state index contributed by atoms with van der Waals surface area (Å²) >= 11 is 0. The summed E-state index contributed by atoms with van der Waals surface area (Å²) in [4.78, 5) is 12.1. The highest BCUT2D eigenvalue weighted by Crippen LogP contribution is 2.29. The molecular weight excluding hydrogens is 294 g/mol. The molecule has 124 valence electrons. The van der Waals surface area contributed by atoms with Gasteiger partial charge in [0.2, 0.25) is 5.91 Å². The molecule has 0 aliphatic heterocycles. The van der Waals surface area contributed by atoms with Crippen molar-refractivity contribution >= 4 is 5.91 Å². The van der Waals surface area contributed by atoms with Crippen LogP contribution in [-0.2, 0) is 11.3 Å². The maximum atomic E-state index is 12.1. The Morgan fingerprint density at radius 2 is 2.09 bits per heavy atom. The van der Waals surface area contributed by atoms with Gasteiger partial charge >= 0.3 is 0 Å². The van der Waals surface area contributed by atoms with Crippen LogP contribution in [0.5, 0.6) is 11.5 Å². The number of aryl methyl sites for hydroxylation is 2. The van der Waals surface area contributed by atoms with Gasteiger partial charge in [0.1, 0.15) is 11.5 Å². The van der Waals surface area contributed by atoms with E-state index in [-0.39, 0.29) is 11.9 Å². The number of nitrogens with one attached hydrogen (secondary N) is 1. The summed E-state index contributed by atoms with van der Waals surface area (Å²) in [5, 5.41) is 7.25. The van der Waals surface area contributed by atoms with Gasteiger partial charge in [-0.05, 0) is 38.1 Å². The molecule has 1 unspecified atom stereocenters. The number of rotatable bonds is 7. The van der Waals surface area contributed by atoms with E-state index in [0.29, 0.717) is 13.0 Å². The van der Waals surface area contributed by atoms with E-state index in [2.05, 4.69) is 10.4 Å². The summed E-state index contributed by atoms with van der Waals surface area (Å²) in [6.07, 6.45) is 2.24. The van der Waals surface area contributed by atoms with E-state index in [1.54, 1.807) is 18.9 Å². The van der Waals surface area contributed by atoms with Crippen molar-refractivity contribution in [2.24, 2.45) is 0 Å². The Balaban J connectivity index is 1.97. The van der Waals surface area contributed by atoms with Crippen LogP contribution < -0.4 is 14.8 Å². The number of nitrogens with zero attached hydrogens (tertiary/aromatic N) is 2. The SMILES string of the molecule is COc1ccc(OC)c(C(C)NC(=O)CCn2ccc(C)n2)c1. The van der Waals surface area contributed by atoms with Crippen LogP contribution in [0.2, 0.25) is 0 Å². The van der Waals surface area contributed by atoms with E-state index >= 15 is 0 Å². The molecule has 6 heteroatoms. The second-order valence-corrected chi connectivity index (χ2v) is 5.37. The minimum Gasteiger partial charge on any atom is -0.497 e. The molecule has 0 radical (unpaired) electrons. The molecule has 1 aromatic carbocycles. The number of hydrogen-bond donors (Lipinski definition) is 1. The zero-order valence-electron chi connectivity index (χ0n) is 14.0. The second kappa shape index (κ2) is 7.67. The van der Waals surface area contributed by atoms with Crippen molar-refractivity contribution < 1.29 is 14.3 Å². The van der Waals surface area contributed by atoms with Crippen molar-refractivity contribution in [2.75, 3.05) is 14.2 Å². The molecule has 6 nitrogen and oxygen atoms in total.